The van der Waals surface area contributed by atoms with Crippen molar-refractivity contribution in [1.82, 2.24) is 15.2 Å². The Morgan fingerprint density at radius 3 is 2.87 bits per heavy atom. The second kappa shape index (κ2) is 3.93. The fourth-order valence-electron chi connectivity index (χ4n) is 1.34. The molecule has 6 heteroatoms. The highest BCUT2D eigenvalue weighted by molar-refractivity contribution is 5.74. The molecule has 2 aromatic heterocycles. The van der Waals surface area contributed by atoms with Crippen LogP contribution in [0.4, 0.5) is 0 Å². The first kappa shape index (κ1) is 10.0. The SMILES string of the molecule is OCC(O)C(O)c1cnc2[nH]ncc2c1. The Hall–Kier alpha value is -1.50. The molecule has 0 aliphatic heterocycles. The topological polar surface area (TPSA) is 102 Å². The summed E-state index contributed by atoms with van der Waals surface area (Å²) in [4.78, 5) is 4.01. The van der Waals surface area contributed by atoms with E-state index >= 15 is 0 Å². The van der Waals surface area contributed by atoms with Gasteiger partial charge in [0.25, 0.3) is 0 Å². The Balaban J connectivity index is 2.35. The smallest absolute Gasteiger partial charge is 0.155 e. The summed E-state index contributed by atoms with van der Waals surface area (Å²) in [6, 6.07) is 1.66. The highest BCUT2D eigenvalue weighted by Crippen LogP contribution is 2.19. The number of aromatic amines is 1. The molecule has 0 aromatic carbocycles. The van der Waals surface area contributed by atoms with Gasteiger partial charge in [-0.2, -0.15) is 5.10 Å². The number of H-pyrrole nitrogens is 1. The van der Waals surface area contributed by atoms with Crippen molar-refractivity contribution in [2.45, 2.75) is 12.2 Å². The molecule has 0 amide bonds. The minimum Gasteiger partial charge on any atom is -0.394 e. The largest absolute Gasteiger partial charge is 0.394 e. The summed E-state index contributed by atoms with van der Waals surface area (Å²) in [6.45, 7) is -0.495. The van der Waals surface area contributed by atoms with Gasteiger partial charge in [-0.25, -0.2) is 4.98 Å². The third kappa shape index (κ3) is 1.82. The third-order valence-corrected chi connectivity index (χ3v) is 2.21. The van der Waals surface area contributed by atoms with E-state index in [-0.39, 0.29) is 0 Å². The Morgan fingerprint density at radius 1 is 1.33 bits per heavy atom. The number of nitrogens with zero attached hydrogens (tertiary/aromatic N) is 2. The van der Waals surface area contributed by atoms with Gasteiger partial charge in [0.15, 0.2) is 5.65 Å². The van der Waals surface area contributed by atoms with E-state index in [1.54, 1.807) is 12.3 Å². The van der Waals surface area contributed by atoms with Crippen molar-refractivity contribution in [2.75, 3.05) is 6.61 Å². The van der Waals surface area contributed by atoms with Gasteiger partial charge in [-0.05, 0) is 6.07 Å². The van der Waals surface area contributed by atoms with Crippen LogP contribution in [0.1, 0.15) is 11.7 Å². The van der Waals surface area contributed by atoms with Crippen LogP contribution in [0.5, 0.6) is 0 Å². The summed E-state index contributed by atoms with van der Waals surface area (Å²) in [5.41, 5.74) is 1.06. The van der Waals surface area contributed by atoms with Crippen molar-refractivity contribution >= 4 is 11.0 Å². The summed E-state index contributed by atoms with van der Waals surface area (Å²) in [6.07, 6.45) is 0.673. The molecule has 0 radical (unpaired) electrons. The van der Waals surface area contributed by atoms with Gasteiger partial charge in [0.05, 0.1) is 12.8 Å². The molecule has 0 fully saturated rings. The average molecular weight is 209 g/mol. The number of hydrogen-bond acceptors (Lipinski definition) is 5. The normalized spacial score (nSPS) is 15.4. The van der Waals surface area contributed by atoms with Crippen LogP contribution in [0.25, 0.3) is 11.0 Å². The van der Waals surface area contributed by atoms with Gasteiger partial charge in [-0.15, -0.1) is 0 Å². The Morgan fingerprint density at radius 2 is 2.13 bits per heavy atom. The lowest BCUT2D eigenvalue weighted by Crippen LogP contribution is -2.22. The molecule has 4 N–H and O–H groups in total. The molecule has 80 valence electrons. The fourth-order valence-corrected chi connectivity index (χ4v) is 1.34. The molecule has 0 spiro atoms. The fraction of sp³-hybridized carbons (Fsp3) is 0.333. The molecule has 0 aliphatic carbocycles. The minimum absolute atomic E-state index is 0.449. The summed E-state index contributed by atoms with van der Waals surface area (Å²) in [5, 5.41) is 34.8. The number of aromatic nitrogens is 3. The van der Waals surface area contributed by atoms with Crippen LogP contribution in [-0.2, 0) is 0 Å². The zero-order valence-electron chi connectivity index (χ0n) is 7.83. The molecule has 0 aliphatic rings. The number of fused-ring (bicyclic) bond motifs is 1. The third-order valence-electron chi connectivity index (χ3n) is 2.21. The van der Waals surface area contributed by atoms with Crippen LogP contribution in [0.2, 0.25) is 0 Å². The van der Waals surface area contributed by atoms with E-state index in [2.05, 4.69) is 15.2 Å². The first-order valence-electron chi connectivity index (χ1n) is 4.48. The first-order chi connectivity index (χ1) is 7.22. The van der Waals surface area contributed by atoms with Crippen molar-refractivity contribution < 1.29 is 15.3 Å². The summed E-state index contributed by atoms with van der Waals surface area (Å²) >= 11 is 0. The Bertz CT molecular complexity index is 457. The van der Waals surface area contributed by atoms with Crippen molar-refractivity contribution in [1.29, 1.82) is 0 Å². The first-order valence-corrected chi connectivity index (χ1v) is 4.48. The number of nitrogens with one attached hydrogen (secondary N) is 1. The van der Waals surface area contributed by atoms with E-state index < -0.39 is 18.8 Å². The molecule has 2 aromatic rings. The van der Waals surface area contributed by atoms with Gasteiger partial charge < -0.3 is 15.3 Å². The van der Waals surface area contributed by atoms with E-state index in [1.807, 2.05) is 0 Å². The van der Waals surface area contributed by atoms with E-state index in [0.717, 1.165) is 5.39 Å². The van der Waals surface area contributed by atoms with Gasteiger partial charge >= 0.3 is 0 Å². The zero-order valence-corrected chi connectivity index (χ0v) is 7.83. The quantitative estimate of drug-likeness (QED) is 0.537. The lowest BCUT2D eigenvalue weighted by Gasteiger charge is -2.15. The predicted molar refractivity (Wildman–Crippen MR) is 51.9 cm³/mol. The van der Waals surface area contributed by atoms with Gasteiger partial charge in [-0.1, -0.05) is 0 Å². The minimum atomic E-state index is -1.20. The van der Waals surface area contributed by atoms with Gasteiger partial charge in [-0.3, -0.25) is 5.10 Å². The van der Waals surface area contributed by atoms with E-state index in [0.29, 0.717) is 11.2 Å². The zero-order chi connectivity index (χ0) is 10.8. The highest BCUT2D eigenvalue weighted by Gasteiger charge is 2.18. The molecule has 15 heavy (non-hydrogen) atoms. The lowest BCUT2D eigenvalue weighted by atomic mass is 10.1. The van der Waals surface area contributed by atoms with Crippen molar-refractivity contribution in [3.63, 3.8) is 0 Å². The molecule has 0 saturated carbocycles. The molecule has 2 unspecified atom stereocenters. The van der Waals surface area contributed by atoms with Crippen LogP contribution < -0.4 is 0 Å². The summed E-state index contributed by atoms with van der Waals surface area (Å²) in [7, 11) is 0. The van der Waals surface area contributed by atoms with E-state index in [1.165, 1.54) is 6.20 Å². The molecule has 0 saturated heterocycles. The standard InChI is InChI=1S/C9H11N3O3/c13-4-7(14)8(15)5-1-6-3-11-12-9(6)10-2-5/h1-3,7-8,13-15H,4H2,(H,10,11,12). The molecular weight excluding hydrogens is 198 g/mol. The average Bonchev–Trinajstić information content (AvgIpc) is 2.73. The molecule has 2 atom stereocenters. The van der Waals surface area contributed by atoms with E-state index in [9.17, 15) is 10.2 Å². The maximum atomic E-state index is 9.61. The molecule has 2 heterocycles. The van der Waals surface area contributed by atoms with Crippen molar-refractivity contribution in [3.8, 4) is 0 Å². The maximum absolute atomic E-state index is 9.61. The molecule has 6 nitrogen and oxygen atoms in total. The second-order valence-electron chi connectivity index (χ2n) is 3.27. The summed E-state index contributed by atoms with van der Waals surface area (Å²) < 4.78 is 0. The predicted octanol–water partition coefficient (Wildman–Crippen LogP) is -0.656. The Kier molecular flexibility index (Phi) is 2.63. The van der Waals surface area contributed by atoms with Crippen molar-refractivity contribution in [2.24, 2.45) is 0 Å². The van der Waals surface area contributed by atoms with Gasteiger partial charge in [0.1, 0.15) is 12.2 Å². The second-order valence-corrected chi connectivity index (χ2v) is 3.27. The van der Waals surface area contributed by atoms with Crippen LogP contribution in [-0.4, -0.2) is 43.2 Å². The molecular formula is C9H11N3O3. The van der Waals surface area contributed by atoms with Gasteiger partial charge in [0.2, 0.25) is 0 Å². The maximum Gasteiger partial charge on any atom is 0.155 e. The van der Waals surface area contributed by atoms with E-state index in [4.69, 9.17) is 5.11 Å². The monoisotopic (exact) mass is 209 g/mol. The Labute approximate surface area is 85.2 Å². The number of aliphatic hydroxyl groups is 3. The van der Waals surface area contributed by atoms with Crippen molar-refractivity contribution in [3.05, 3.63) is 24.0 Å². The number of rotatable bonds is 3. The van der Waals surface area contributed by atoms with Crippen LogP contribution in [0, 0.1) is 0 Å². The van der Waals surface area contributed by atoms with Crippen LogP contribution >= 0.6 is 0 Å². The number of aliphatic hydroxyl groups excluding tert-OH is 3. The lowest BCUT2D eigenvalue weighted by molar-refractivity contribution is -0.0153. The number of pyridine rings is 1. The van der Waals surface area contributed by atoms with Crippen LogP contribution in [0.15, 0.2) is 18.5 Å². The highest BCUT2D eigenvalue weighted by atomic mass is 16.4. The summed E-state index contributed by atoms with van der Waals surface area (Å²) in [5.74, 6) is 0. The molecule has 2 rings (SSSR count). The molecule has 0 bridgehead atoms. The number of hydrogen-bond donors (Lipinski definition) is 4. The van der Waals surface area contributed by atoms with Gasteiger partial charge in [0, 0.05) is 17.1 Å². The van der Waals surface area contributed by atoms with Crippen LogP contribution in [0.3, 0.4) is 0 Å².